The third kappa shape index (κ3) is 4.72. The van der Waals surface area contributed by atoms with Crippen LogP contribution >= 0.6 is 0 Å². The molecular formula is C17H28N4O5. The number of methoxy groups -OCH3 is 1. The normalized spacial score (nSPS) is 17.2. The lowest BCUT2D eigenvalue weighted by molar-refractivity contribution is 0.0201. The van der Waals surface area contributed by atoms with Crippen molar-refractivity contribution in [3.63, 3.8) is 0 Å². The van der Waals surface area contributed by atoms with E-state index in [2.05, 4.69) is 10.3 Å². The molecule has 1 atom stereocenters. The standard InChI is InChI=1S/C17H28N4O5/c1-11(10-25-5)21-14(13(15(22)23)18-19-21)12-6-8-20(9-7-12)16(24)26-17(2,3)4/h11-12H,6-10H2,1-5H3,(H,22,23). The lowest BCUT2D eigenvalue weighted by atomic mass is 9.92. The molecule has 1 amide bonds. The van der Waals surface area contributed by atoms with Crippen LogP contribution in [0.25, 0.3) is 0 Å². The van der Waals surface area contributed by atoms with Gasteiger partial charge >= 0.3 is 12.1 Å². The maximum Gasteiger partial charge on any atom is 0.410 e. The highest BCUT2D eigenvalue weighted by Crippen LogP contribution is 2.31. The summed E-state index contributed by atoms with van der Waals surface area (Å²) in [7, 11) is 1.59. The molecule has 0 bridgehead atoms. The van der Waals surface area contributed by atoms with Gasteiger partial charge < -0.3 is 19.5 Å². The van der Waals surface area contributed by atoms with E-state index in [1.54, 1.807) is 16.7 Å². The summed E-state index contributed by atoms with van der Waals surface area (Å²) in [6.07, 6.45) is 0.924. The molecule has 2 rings (SSSR count). The van der Waals surface area contributed by atoms with Crippen molar-refractivity contribution in [1.82, 2.24) is 19.9 Å². The molecule has 2 heterocycles. The topological polar surface area (TPSA) is 107 Å². The summed E-state index contributed by atoms with van der Waals surface area (Å²) in [5.41, 5.74) is 0.0391. The van der Waals surface area contributed by atoms with Crippen LogP contribution in [0.2, 0.25) is 0 Å². The smallest absolute Gasteiger partial charge is 0.410 e. The Balaban J connectivity index is 2.14. The van der Waals surface area contributed by atoms with Crippen LogP contribution in [-0.4, -0.2) is 69.5 Å². The molecule has 1 aliphatic rings. The van der Waals surface area contributed by atoms with Gasteiger partial charge in [-0.25, -0.2) is 14.3 Å². The fourth-order valence-corrected chi connectivity index (χ4v) is 3.13. The maximum absolute atomic E-state index is 12.2. The first-order valence-corrected chi connectivity index (χ1v) is 8.79. The number of hydrogen-bond donors (Lipinski definition) is 1. The highest BCUT2D eigenvalue weighted by atomic mass is 16.6. The number of amides is 1. The highest BCUT2D eigenvalue weighted by molar-refractivity contribution is 5.86. The lowest BCUT2D eigenvalue weighted by Crippen LogP contribution is -2.41. The fraction of sp³-hybridized carbons (Fsp3) is 0.765. The monoisotopic (exact) mass is 368 g/mol. The molecule has 1 unspecified atom stereocenters. The highest BCUT2D eigenvalue weighted by Gasteiger charge is 2.33. The van der Waals surface area contributed by atoms with Crippen molar-refractivity contribution < 1.29 is 24.2 Å². The van der Waals surface area contributed by atoms with Gasteiger partial charge in [0.2, 0.25) is 0 Å². The zero-order valence-electron chi connectivity index (χ0n) is 16.1. The maximum atomic E-state index is 12.2. The summed E-state index contributed by atoms with van der Waals surface area (Å²) in [6, 6.07) is -0.125. The van der Waals surface area contributed by atoms with Crippen molar-refractivity contribution in [3.8, 4) is 0 Å². The van der Waals surface area contributed by atoms with Crippen LogP contribution in [0, 0.1) is 0 Å². The number of piperidine rings is 1. The molecule has 1 aromatic rings. The van der Waals surface area contributed by atoms with Crippen molar-refractivity contribution in [2.24, 2.45) is 0 Å². The number of rotatable bonds is 5. The fourth-order valence-electron chi connectivity index (χ4n) is 3.13. The van der Waals surface area contributed by atoms with Crippen LogP contribution in [-0.2, 0) is 9.47 Å². The predicted molar refractivity (Wildman–Crippen MR) is 93.4 cm³/mol. The van der Waals surface area contributed by atoms with Crippen molar-refractivity contribution in [2.75, 3.05) is 26.8 Å². The molecule has 1 N–H and O–H groups in total. The molecule has 0 aromatic carbocycles. The van der Waals surface area contributed by atoms with Gasteiger partial charge in [-0.05, 0) is 40.5 Å². The number of carboxylic acids is 1. The second kappa shape index (κ2) is 8.03. The van der Waals surface area contributed by atoms with Crippen molar-refractivity contribution >= 4 is 12.1 Å². The third-order valence-corrected chi connectivity index (χ3v) is 4.29. The van der Waals surface area contributed by atoms with E-state index in [0.29, 0.717) is 38.2 Å². The predicted octanol–water partition coefficient (Wildman–Crippen LogP) is 2.30. The first kappa shape index (κ1) is 20.2. The van der Waals surface area contributed by atoms with E-state index in [1.807, 2.05) is 27.7 Å². The Morgan fingerprint density at radius 1 is 1.31 bits per heavy atom. The molecule has 1 aliphatic heterocycles. The molecule has 0 saturated carbocycles. The number of ether oxygens (including phenoxy) is 2. The average Bonchev–Trinajstić information content (AvgIpc) is 2.99. The molecule has 9 heteroatoms. The zero-order chi connectivity index (χ0) is 19.5. The van der Waals surface area contributed by atoms with E-state index >= 15 is 0 Å². The van der Waals surface area contributed by atoms with E-state index in [9.17, 15) is 14.7 Å². The van der Waals surface area contributed by atoms with Crippen LogP contribution < -0.4 is 0 Å². The van der Waals surface area contributed by atoms with Gasteiger partial charge in [-0.1, -0.05) is 5.21 Å². The van der Waals surface area contributed by atoms with E-state index in [0.717, 1.165) is 0 Å². The number of carboxylic acid groups (broad SMARTS) is 1. The quantitative estimate of drug-likeness (QED) is 0.849. The molecule has 146 valence electrons. The molecule has 0 spiro atoms. The SMILES string of the molecule is COCC(C)n1nnc(C(=O)O)c1C1CCN(C(=O)OC(C)(C)C)CC1. The second-order valence-corrected chi connectivity index (χ2v) is 7.62. The van der Waals surface area contributed by atoms with Crippen LogP contribution in [0.3, 0.4) is 0 Å². The largest absolute Gasteiger partial charge is 0.476 e. The number of likely N-dealkylation sites (tertiary alicyclic amines) is 1. The van der Waals surface area contributed by atoms with E-state index in [1.165, 1.54) is 0 Å². The molecule has 1 aromatic heterocycles. The third-order valence-electron chi connectivity index (χ3n) is 4.29. The Labute approximate surface area is 153 Å². The average molecular weight is 368 g/mol. The molecule has 1 fully saturated rings. The van der Waals surface area contributed by atoms with E-state index in [-0.39, 0.29) is 23.7 Å². The number of aromatic nitrogens is 3. The van der Waals surface area contributed by atoms with Gasteiger partial charge in [-0.2, -0.15) is 0 Å². The van der Waals surface area contributed by atoms with Crippen LogP contribution in [0.1, 0.15) is 68.7 Å². The molecule has 1 saturated heterocycles. The Hall–Kier alpha value is -2.16. The molecule has 9 nitrogen and oxygen atoms in total. The van der Waals surface area contributed by atoms with Gasteiger partial charge in [0.1, 0.15) is 5.60 Å². The molecular weight excluding hydrogens is 340 g/mol. The number of hydrogen-bond acceptors (Lipinski definition) is 6. The number of aromatic carboxylic acids is 1. The Morgan fingerprint density at radius 2 is 1.92 bits per heavy atom. The molecule has 26 heavy (non-hydrogen) atoms. The van der Waals surface area contributed by atoms with E-state index in [4.69, 9.17) is 9.47 Å². The van der Waals surface area contributed by atoms with Gasteiger partial charge in [0.25, 0.3) is 0 Å². The van der Waals surface area contributed by atoms with Gasteiger partial charge in [-0.3, -0.25) is 0 Å². The van der Waals surface area contributed by atoms with Crippen LogP contribution in [0.5, 0.6) is 0 Å². The Kier molecular flexibility index (Phi) is 6.22. The minimum absolute atomic E-state index is 0.0244. The number of carbonyl (C=O) groups excluding carboxylic acids is 1. The minimum Gasteiger partial charge on any atom is -0.476 e. The second-order valence-electron chi connectivity index (χ2n) is 7.62. The summed E-state index contributed by atoms with van der Waals surface area (Å²) < 4.78 is 12.2. The van der Waals surface area contributed by atoms with Crippen molar-refractivity contribution in [2.45, 2.75) is 58.1 Å². The van der Waals surface area contributed by atoms with Gasteiger partial charge in [-0.15, -0.1) is 5.10 Å². The number of nitrogens with zero attached hydrogens (tertiary/aromatic N) is 4. The minimum atomic E-state index is -1.09. The summed E-state index contributed by atoms with van der Waals surface area (Å²) in [4.78, 5) is 25.4. The van der Waals surface area contributed by atoms with E-state index < -0.39 is 11.6 Å². The van der Waals surface area contributed by atoms with Crippen molar-refractivity contribution in [1.29, 1.82) is 0 Å². The summed E-state index contributed by atoms with van der Waals surface area (Å²) >= 11 is 0. The summed E-state index contributed by atoms with van der Waals surface area (Å²) in [6.45, 7) is 8.81. The van der Waals surface area contributed by atoms with Crippen LogP contribution in [0.15, 0.2) is 0 Å². The van der Waals surface area contributed by atoms with Gasteiger partial charge in [0.15, 0.2) is 5.69 Å². The Bertz CT molecular complexity index is 644. The van der Waals surface area contributed by atoms with Crippen LogP contribution in [0.4, 0.5) is 4.79 Å². The number of carbonyl (C=O) groups is 2. The summed E-state index contributed by atoms with van der Waals surface area (Å²) in [5, 5.41) is 17.3. The molecule has 0 aliphatic carbocycles. The molecule has 0 radical (unpaired) electrons. The first-order valence-electron chi connectivity index (χ1n) is 8.79. The lowest BCUT2D eigenvalue weighted by Gasteiger charge is -2.34. The van der Waals surface area contributed by atoms with Gasteiger partial charge in [0.05, 0.1) is 18.3 Å². The van der Waals surface area contributed by atoms with Crippen molar-refractivity contribution in [3.05, 3.63) is 11.4 Å². The Morgan fingerprint density at radius 3 is 2.42 bits per heavy atom. The summed E-state index contributed by atoms with van der Waals surface area (Å²) in [5.74, 6) is -1.13. The van der Waals surface area contributed by atoms with Gasteiger partial charge in [0, 0.05) is 26.1 Å². The first-order chi connectivity index (χ1) is 12.1. The zero-order valence-corrected chi connectivity index (χ0v) is 16.1.